The van der Waals surface area contributed by atoms with Gasteiger partial charge in [0, 0.05) is 19.1 Å². The van der Waals surface area contributed by atoms with Crippen molar-refractivity contribution in [2.45, 2.75) is 39.5 Å². The van der Waals surface area contributed by atoms with Gasteiger partial charge in [-0.2, -0.15) is 11.8 Å². The summed E-state index contributed by atoms with van der Waals surface area (Å²) < 4.78 is 22.9. The van der Waals surface area contributed by atoms with Crippen LogP contribution in [0.5, 0.6) is 0 Å². The van der Waals surface area contributed by atoms with Crippen LogP contribution in [0.4, 0.5) is 0 Å². The average molecular weight is 310 g/mol. The van der Waals surface area contributed by atoms with Crippen LogP contribution in [0.15, 0.2) is 11.9 Å². The number of hydrogen-bond acceptors (Lipinski definition) is 4. The molecule has 0 amide bonds. The Hall–Kier alpha value is 0.457. The van der Waals surface area contributed by atoms with Crippen molar-refractivity contribution in [2.75, 3.05) is 24.7 Å². The molecule has 0 heterocycles. The SMILES string of the molecule is C=C(CSCC[Si](C)(C)C)P(=O)(OCC)OCC. The van der Waals surface area contributed by atoms with Crippen LogP contribution in [0.2, 0.25) is 25.7 Å². The van der Waals surface area contributed by atoms with Crippen LogP contribution in [0.1, 0.15) is 13.8 Å². The van der Waals surface area contributed by atoms with E-state index in [4.69, 9.17) is 9.05 Å². The molecule has 0 rings (SSSR count). The molecule has 0 radical (unpaired) electrons. The summed E-state index contributed by atoms with van der Waals surface area (Å²) in [6.07, 6.45) is 0. The Balaban J connectivity index is 4.16. The van der Waals surface area contributed by atoms with Crippen LogP contribution in [0, 0.1) is 0 Å². The lowest BCUT2D eigenvalue weighted by atomic mass is 10.7. The van der Waals surface area contributed by atoms with E-state index >= 15 is 0 Å². The normalized spacial score (nSPS) is 12.7. The van der Waals surface area contributed by atoms with Crippen molar-refractivity contribution in [3.05, 3.63) is 11.9 Å². The highest BCUT2D eigenvalue weighted by molar-refractivity contribution is 7.99. The average Bonchev–Trinajstić information content (AvgIpc) is 2.23. The molecule has 0 aromatic carbocycles. The quantitative estimate of drug-likeness (QED) is 0.329. The number of hydrogen-bond donors (Lipinski definition) is 0. The molecule has 0 N–H and O–H groups in total. The third kappa shape index (κ3) is 7.80. The zero-order valence-corrected chi connectivity index (χ0v) is 15.0. The minimum Gasteiger partial charge on any atom is -0.306 e. The van der Waals surface area contributed by atoms with E-state index in [1.807, 2.05) is 13.8 Å². The second kappa shape index (κ2) is 8.59. The van der Waals surface area contributed by atoms with Crippen LogP contribution in [0.3, 0.4) is 0 Å². The van der Waals surface area contributed by atoms with Gasteiger partial charge in [-0.15, -0.1) is 0 Å². The molecule has 0 bridgehead atoms. The molecule has 0 aromatic heterocycles. The standard InChI is InChI=1S/C12H27O3PSSi/c1-7-14-16(13,15-8-2)12(3)11-17-9-10-18(4,5)6/h3,7-11H2,1-2,4-6H3. The molecular formula is C12H27O3PSSi. The molecule has 0 saturated heterocycles. The lowest BCUT2D eigenvalue weighted by molar-refractivity contribution is 0.226. The summed E-state index contributed by atoms with van der Waals surface area (Å²) in [4.78, 5) is 0. The van der Waals surface area contributed by atoms with Gasteiger partial charge in [-0.05, 0) is 25.6 Å². The predicted octanol–water partition coefficient (Wildman–Crippen LogP) is 4.84. The lowest BCUT2D eigenvalue weighted by Crippen LogP contribution is -2.20. The molecule has 0 aliphatic rings. The third-order valence-electron chi connectivity index (χ3n) is 2.25. The molecule has 6 heteroatoms. The van der Waals surface area contributed by atoms with Crippen molar-refractivity contribution in [3.8, 4) is 0 Å². The van der Waals surface area contributed by atoms with Crippen molar-refractivity contribution in [1.82, 2.24) is 0 Å². The highest BCUT2D eigenvalue weighted by Gasteiger charge is 2.27. The van der Waals surface area contributed by atoms with Gasteiger partial charge in [0.15, 0.2) is 0 Å². The zero-order valence-electron chi connectivity index (χ0n) is 12.3. The molecule has 0 spiro atoms. The third-order valence-corrected chi connectivity index (χ3v) is 7.75. The fourth-order valence-electron chi connectivity index (χ4n) is 1.21. The molecule has 0 aliphatic carbocycles. The van der Waals surface area contributed by atoms with Crippen LogP contribution in [-0.4, -0.2) is 32.8 Å². The molecule has 0 aromatic rings. The largest absolute Gasteiger partial charge is 0.357 e. The monoisotopic (exact) mass is 310 g/mol. The Morgan fingerprint density at radius 1 is 1.22 bits per heavy atom. The second-order valence-corrected chi connectivity index (χ2v) is 14.1. The fourth-order valence-corrected chi connectivity index (χ4v) is 6.64. The van der Waals surface area contributed by atoms with Gasteiger partial charge in [0.25, 0.3) is 0 Å². The minimum absolute atomic E-state index is 0.385. The van der Waals surface area contributed by atoms with E-state index in [1.54, 1.807) is 11.8 Å². The lowest BCUT2D eigenvalue weighted by Gasteiger charge is -2.19. The van der Waals surface area contributed by atoms with Crippen molar-refractivity contribution >= 4 is 27.4 Å². The Morgan fingerprint density at radius 2 is 1.72 bits per heavy atom. The van der Waals surface area contributed by atoms with Crippen molar-refractivity contribution in [1.29, 1.82) is 0 Å². The van der Waals surface area contributed by atoms with Gasteiger partial charge < -0.3 is 9.05 Å². The molecule has 3 nitrogen and oxygen atoms in total. The first-order valence-electron chi connectivity index (χ1n) is 6.40. The molecule has 108 valence electrons. The molecule has 0 saturated carbocycles. The second-order valence-electron chi connectivity index (χ2n) is 5.26. The highest BCUT2D eigenvalue weighted by atomic mass is 32.2. The van der Waals surface area contributed by atoms with E-state index in [2.05, 4.69) is 26.2 Å². The van der Waals surface area contributed by atoms with E-state index in [0.29, 0.717) is 24.3 Å². The van der Waals surface area contributed by atoms with Gasteiger partial charge >= 0.3 is 7.60 Å². The summed E-state index contributed by atoms with van der Waals surface area (Å²) in [5.74, 6) is 1.74. The summed E-state index contributed by atoms with van der Waals surface area (Å²) >= 11 is 1.77. The van der Waals surface area contributed by atoms with Gasteiger partial charge in [-0.1, -0.05) is 26.2 Å². The molecule has 0 fully saturated rings. The molecule has 0 atom stereocenters. The minimum atomic E-state index is -3.10. The Kier molecular flexibility index (Phi) is 8.81. The van der Waals surface area contributed by atoms with E-state index in [0.717, 1.165) is 5.75 Å². The number of thioether (sulfide) groups is 1. The maximum absolute atomic E-state index is 12.4. The molecule has 18 heavy (non-hydrogen) atoms. The molecular weight excluding hydrogens is 283 g/mol. The molecule has 0 aliphatic heterocycles. The van der Waals surface area contributed by atoms with E-state index in [-0.39, 0.29) is 0 Å². The summed E-state index contributed by atoms with van der Waals surface area (Å²) in [5, 5.41) is 0.590. The maximum Gasteiger partial charge on any atom is 0.357 e. The first-order valence-corrected chi connectivity index (χ1v) is 12.8. The summed E-state index contributed by atoms with van der Waals surface area (Å²) in [7, 11) is -4.08. The van der Waals surface area contributed by atoms with Crippen LogP contribution in [0.25, 0.3) is 0 Å². The van der Waals surface area contributed by atoms with Gasteiger partial charge in [-0.25, -0.2) is 0 Å². The topological polar surface area (TPSA) is 35.5 Å². The van der Waals surface area contributed by atoms with E-state index in [9.17, 15) is 4.57 Å². The van der Waals surface area contributed by atoms with Gasteiger partial charge in [-0.3, -0.25) is 4.57 Å². The van der Waals surface area contributed by atoms with E-state index in [1.165, 1.54) is 6.04 Å². The number of rotatable bonds is 10. The zero-order chi connectivity index (χ0) is 14.2. The Labute approximate surface area is 117 Å². The fraction of sp³-hybridized carbons (Fsp3) is 0.833. The Bertz CT molecular complexity index is 292. The van der Waals surface area contributed by atoms with Gasteiger partial charge in [0.2, 0.25) is 0 Å². The first-order chi connectivity index (χ1) is 8.25. The van der Waals surface area contributed by atoms with Crippen molar-refractivity contribution in [2.24, 2.45) is 0 Å². The predicted molar refractivity (Wildman–Crippen MR) is 85.5 cm³/mol. The van der Waals surface area contributed by atoms with Gasteiger partial charge in [0.1, 0.15) is 0 Å². The van der Waals surface area contributed by atoms with E-state index < -0.39 is 15.7 Å². The van der Waals surface area contributed by atoms with Crippen LogP contribution < -0.4 is 0 Å². The first kappa shape index (κ1) is 18.5. The smallest absolute Gasteiger partial charge is 0.306 e. The van der Waals surface area contributed by atoms with Gasteiger partial charge in [0.05, 0.1) is 13.2 Å². The maximum atomic E-state index is 12.4. The van der Waals surface area contributed by atoms with Crippen LogP contribution >= 0.6 is 19.4 Å². The summed E-state index contributed by atoms with van der Waals surface area (Å²) in [6.45, 7) is 15.3. The van der Waals surface area contributed by atoms with Crippen molar-refractivity contribution < 1.29 is 13.6 Å². The summed E-state index contributed by atoms with van der Waals surface area (Å²) in [5.41, 5.74) is 0. The van der Waals surface area contributed by atoms with Crippen LogP contribution in [-0.2, 0) is 13.6 Å². The molecule has 0 unspecified atom stereocenters. The highest BCUT2D eigenvalue weighted by Crippen LogP contribution is 2.56. The van der Waals surface area contributed by atoms with Crippen molar-refractivity contribution in [3.63, 3.8) is 0 Å². The summed E-state index contributed by atoms with van der Waals surface area (Å²) in [6, 6.07) is 1.26. The Morgan fingerprint density at radius 3 is 2.11 bits per heavy atom.